The largest absolute Gasteiger partial charge is 0.496 e. The highest BCUT2D eigenvalue weighted by molar-refractivity contribution is 9.10. The summed E-state index contributed by atoms with van der Waals surface area (Å²) in [6.45, 7) is 0. The van der Waals surface area contributed by atoms with Gasteiger partial charge in [0.2, 0.25) is 0 Å². The van der Waals surface area contributed by atoms with Crippen LogP contribution in [0.2, 0.25) is 0 Å². The number of halogens is 1. The minimum absolute atomic E-state index is 0.411. The molecule has 1 aromatic carbocycles. The van der Waals surface area contributed by atoms with Crippen molar-refractivity contribution in [2.75, 3.05) is 7.11 Å². The van der Waals surface area contributed by atoms with Crippen LogP contribution in [0.3, 0.4) is 0 Å². The average Bonchev–Trinajstić information content (AvgIpc) is 2.39. The van der Waals surface area contributed by atoms with Gasteiger partial charge in [0.1, 0.15) is 22.5 Å². The Bertz CT molecular complexity index is 610. The Morgan fingerprint density at radius 2 is 2.17 bits per heavy atom. The number of ether oxygens (including phenoxy) is 1. The molecule has 0 aliphatic carbocycles. The fourth-order valence-electron chi connectivity index (χ4n) is 1.38. The molecule has 0 unspecified atom stereocenters. The number of hydrogen-bond acceptors (Lipinski definition) is 4. The van der Waals surface area contributed by atoms with Gasteiger partial charge in [-0.2, -0.15) is 5.26 Å². The zero-order valence-electron chi connectivity index (χ0n) is 9.55. The Labute approximate surface area is 118 Å². The van der Waals surface area contributed by atoms with Crippen molar-refractivity contribution in [2.45, 2.75) is 9.92 Å². The van der Waals surface area contributed by atoms with E-state index in [0.717, 1.165) is 20.1 Å². The third kappa shape index (κ3) is 3.03. The number of nitriles is 1. The van der Waals surface area contributed by atoms with E-state index in [1.807, 2.05) is 36.4 Å². The predicted octanol–water partition coefficient (Wildman–Crippen LogP) is 3.88. The lowest BCUT2D eigenvalue weighted by Crippen LogP contribution is -1.88. The minimum atomic E-state index is 0.411. The summed E-state index contributed by atoms with van der Waals surface area (Å²) in [7, 11) is 1.63. The fraction of sp³-hybridized carbons (Fsp3) is 0.0769. The third-order valence-electron chi connectivity index (χ3n) is 2.18. The molecule has 0 amide bonds. The van der Waals surface area contributed by atoms with Gasteiger partial charge in [-0.3, -0.25) is 0 Å². The molecule has 2 aromatic rings. The molecule has 3 nitrogen and oxygen atoms in total. The molecule has 90 valence electrons. The van der Waals surface area contributed by atoms with Crippen molar-refractivity contribution >= 4 is 27.7 Å². The van der Waals surface area contributed by atoms with Crippen molar-refractivity contribution in [3.63, 3.8) is 0 Å². The third-order valence-corrected chi connectivity index (χ3v) is 3.65. The number of aromatic nitrogens is 1. The fourth-order valence-corrected chi connectivity index (χ4v) is 2.84. The van der Waals surface area contributed by atoms with Crippen LogP contribution in [0.25, 0.3) is 0 Å². The molecule has 0 N–H and O–H groups in total. The number of methoxy groups -OCH3 is 1. The predicted molar refractivity (Wildman–Crippen MR) is 73.8 cm³/mol. The number of nitrogens with zero attached hydrogens (tertiary/aromatic N) is 2. The molecule has 2 rings (SSSR count). The molecule has 0 saturated carbocycles. The zero-order valence-corrected chi connectivity index (χ0v) is 12.0. The van der Waals surface area contributed by atoms with Gasteiger partial charge in [-0.1, -0.05) is 33.8 Å². The Kier molecular flexibility index (Phi) is 4.24. The molecule has 1 heterocycles. The van der Waals surface area contributed by atoms with E-state index in [2.05, 4.69) is 20.9 Å². The summed E-state index contributed by atoms with van der Waals surface area (Å²) in [6.07, 6.45) is 0. The Balaban J connectivity index is 2.33. The van der Waals surface area contributed by atoms with E-state index >= 15 is 0 Å². The SMILES string of the molecule is COc1ccc(Br)cc1Sc1cccc(C#N)n1. The van der Waals surface area contributed by atoms with Crippen LogP contribution in [0.4, 0.5) is 0 Å². The first kappa shape index (κ1) is 12.9. The zero-order chi connectivity index (χ0) is 13.0. The van der Waals surface area contributed by atoms with Gasteiger partial charge >= 0.3 is 0 Å². The summed E-state index contributed by atoms with van der Waals surface area (Å²) in [6, 6.07) is 13.2. The van der Waals surface area contributed by atoms with Gasteiger partial charge in [-0.15, -0.1) is 0 Å². The minimum Gasteiger partial charge on any atom is -0.496 e. The molecular formula is C13H9BrN2OS. The summed E-state index contributed by atoms with van der Waals surface area (Å²) in [4.78, 5) is 5.18. The van der Waals surface area contributed by atoms with Gasteiger partial charge in [-0.05, 0) is 30.3 Å². The molecule has 1 aromatic heterocycles. The highest BCUT2D eigenvalue weighted by Crippen LogP contribution is 2.35. The van der Waals surface area contributed by atoms with Crippen LogP contribution in [0.5, 0.6) is 5.75 Å². The van der Waals surface area contributed by atoms with E-state index < -0.39 is 0 Å². The van der Waals surface area contributed by atoms with Crippen LogP contribution in [0.15, 0.2) is 50.8 Å². The van der Waals surface area contributed by atoms with Crippen molar-refractivity contribution in [1.29, 1.82) is 5.26 Å². The Morgan fingerprint density at radius 3 is 2.89 bits per heavy atom. The van der Waals surface area contributed by atoms with Crippen molar-refractivity contribution in [1.82, 2.24) is 4.98 Å². The van der Waals surface area contributed by atoms with Crippen molar-refractivity contribution in [2.24, 2.45) is 0 Å². The molecular weight excluding hydrogens is 312 g/mol. The maximum absolute atomic E-state index is 8.82. The van der Waals surface area contributed by atoms with Gasteiger partial charge in [0, 0.05) is 4.47 Å². The number of pyridine rings is 1. The van der Waals surface area contributed by atoms with Gasteiger partial charge in [0.25, 0.3) is 0 Å². The summed E-state index contributed by atoms with van der Waals surface area (Å²) >= 11 is 4.89. The average molecular weight is 321 g/mol. The first-order chi connectivity index (χ1) is 8.72. The maximum atomic E-state index is 8.82. The summed E-state index contributed by atoms with van der Waals surface area (Å²) in [5.41, 5.74) is 0.411. The van der Waals surface area contributed by atoms with E-state index in [0.29, 0.717) is 5.69 Å². The van der Waals surface area contributed by atoms with Crippen molar-refractivity contribution in [3.8, 4) is 11.8 Å². The van der Waals surface area contributed by atoms with Crippen molar-refractivity contribution in [3.05, 3.63) is 46.6 Å². The first-order valence-corrected chi connectivity index (χ1v) is 6.72. The van der Waals surface area contributed by atoms with Gasteiger partial charge in [0.15, 0.2) is 0 Å². The molecule has 0 aliphatic rings. The molecule has 0 spiro atoms. The topological polar surface area (TPSA) is 45.9 Å². The monoisotopic (exact) mass is 320 g/mol. The van der Waals surface area contributed by atoms with Crippen LogP contribution < -0.4 is 4.74 Å². The normalized spacial score (nSPS) is 9.83. The van der Waals surface area contributed by atoms with Gasteiger partial charge in [0.05, 0.1) is 12.0 Å². The number of hydrogen-bond donors (Lipinski definition) is 0. The highest BCUT2D eigenvalue weighted by atomic mass is 79.9. The summed E-state index contributed by atoms with van der Waals surface area (Å²) in [5, 5.41) is 9.59. The molecule has 0 bridgehead atoms. The van der Waals surface area contributed by atoms with Crippen LogP contribution in [-0.2, 0) is 0 Å². The van der Waals surface area contributed by atoms with Crippen LogP contribution in [0.1, 0.15) is 5.69 Å². The van der Waals surface area contributed by atoms with Crippen LogP contribution in [-0.4, -0.2) is 12.1 Å². The first-order valence-electron chi connectivity index (χ1n) is 5.11. The quantitative estimate of drug-likeness (QED) is 0.861. The molecule has 0 fully saturated rings. The smallest absolute Gasteiger partial charge is 0.141 e. The molecule has 0 saturated heterocycles. The second kappa shape index (κ2) is 5.89. The lowest BCUT2D eigenvalue weighted by atomic mass is 10.3. The van der Waals surface area contributed by atoms with E-state index in [4.69, 9.17) is 10.00 Å². The number of rotatable bonds is 3. The second-order valence-corrected chi connectivity index (χ2v) is 5.35. The summed E-state index contributed by atoms with van der Waals surface area (Å²) < 4.78 is 6.27. The standard InChI is InChI=1S/C13H9BrN2OS/c1-17-11-6-5-9(14)7-12(11)18-13-4-2-3-10(8-15)16-13/h2-7H,1H3. The maximum Gasteiger partial charge on any atom is 0.141 e. The summed E-state index contributed by atoms with van der Waals surface area (Å²) in [5.74, 6) is 0.785. The molecule has 0 radical (unpaired) electrons. The van der Waals surface area contributed by atoms with E-state index in [9.17, 15) is 0 Å². The lowest BCUT2D eigenvalue weighted by molar-refractivity contribution is 0.404. The number of benzene rings is 1. The van der Waals surface area contributed by atoms with Gasteiger partial charge in [-0.25, -0.2) is 4.98 Å². The van der Waals surface area contributed by atoms with Crippen LogP contribution >= 0.6 is 27.7 Å². The van der Waals surface area contributed by atoms with E-state index in [-0.39, 0.29) is 0 Å². The van der Waals surface area contributed by atoms with Crippen molar-refractivity contribution < 1.29 is 4.74 Å². The molecule has 0 atom stereocenters. The Hall–Kier alpha value is -1.51. The van der Waals surface area contributed by atoms with E-state index in [1.54, 1.807) is 13.2 Å². The van der Waals surface area contributed by atoms with Crippen LogP contribution in [0, 0.1) is 11.3 Å². The lowest BCUT2D eigenvalue weighted by Gasteiger charge is -2.08. The molecule has 0 aliphatic heterocycles. The Morgan fingerprint density at radius 1 is 1.33 bits per heavy atom. The van der Waals surface area contributed by atoms with E-state index in [1.165, 1.54) is 11.8 Å². The second-order valence-electron chi connectivity index (χ2n) is 3.37. The molecule has 5 heteroatoms. The molecule has 18 heavy (non-hydrogen) atoms. The van der Waals surface area contributed by atoms with Gasteiger partial charge < -0.3 is 4.74 Å². The highest BCUT2D eigenvalue weighted by Gasteiger charge is 2.07.